The molecule has 1 unspecified atom stereocenters. The maximum absolute atomic E-state index is 12.8. The Kier molecular flexibility index (Phi) is 6.58. The number of hydrogen-bond acceptors (Lipinski definition) is 4. The van der Waals surface area contributed by atoms with Gasteiger partial charge >= 0.3 is 5.97 Å². The molecule has 144 valence electrons. The highest BCUT2D eigenvalue weighted by molar-refractivity contribution is 5.77. The fraction of sp³-hybridized carbons (Fsp3) is 0.208. The summed E-state index contributed by atoms with van der Waals surface area (Å²) in [4.78, 5) is 12.8. The van der Waals surface area contributed by atoms with Gasteiger partial charge in [0.1, 0.15) is 6.61 Å². The maximum atomic E-state index is 12.8. The highest BCUT2D eigenvalue weighted by Crippen LogP contribution is 2.37. The third kappa shape index (κ3) is 4.14. The monoisotopic (exact) mass is 376 g/mol. The van der Waals surface area contributed by atoms with E-state index in [1.54, 1.807) is 0 Å². The van der Waals surface area contributed by atoms with Gasteiger partial charge in [0, 0.05) is 6.61 Å². The van der Waals surface area contributed by atoms with Crippen LogP contribution in [0.5, 0.6) is 0 Å². The van der Waals surface area contributed by atoms with Crippen molar-refractivity contribution in [3.8, 4) is 0 Å². The van der Waals surface area contributed by atoms with E-state index in [4.69, 9.17) is 9.47 Å². The highest BCUT2D eigenvalue weighted by Gasteiger charge is 2.47. The van der Waals surface area contributed by atoms with Crippen molar-refractivity contribution in [1.29, 1.82) is 0 Å². The minimum Gasteiger partial charge on any atom is -0.459 e. The van der Waals surface area contributed by atoms with Gasteiger partial charge in [0.05, 0.1) is 0 Å². The summed E-state index contributed by atoms with van der Waals surface area (Å²) in [7, 11) is 0. The summed E-state index contributed by atoms with van der Waals surface area (Å²) in [6, 6.07) is 27.9. The van der Waals surface area contributed by atoms with Gasteiger partial charge in [-0.1, -0.05) is 91.0 Å². The molecule has 4 nitrogen and oxygen atoms in total. The third-order valence-corrected chi connectivity index (χ3v) is 4.61. The normalized spacial score (nSPS) is 12.4. The average molecular weight is 376 g/mol. The molecule has 0 aliphatic carbocycles. The van der Waals surface area contributed by atoms with Gasteiger partial charge in [-0.05, 0) is 23.6 Å². The van der Waals surface area contributed by atoms with Crippen LogP contribution in [0.2, 0.25) is 0 Å². The molecule has 0 saturated carbocycles. The summed E-state index contributed by atoms with van der Waals surface area (Å²) in [5, 5.41) is 11.1. The SMILES string of the molecule is CCOC(c1ccccc1)(c1ccccc1)C(O)C(=O)OCc1ccccc1. The molecule has 0 spiro atoms. The topological polar surface area (TPSA) is 55.8 Å². The van der Waals surface area contributed by atoms with Crippen molar-refractivity contribution in [1.82, 2.24) is 0 Å². The summed E-state index contributed by atoms with van der Waals surface area (Å²) in [5.74, 6) is -0.731. The zero-order valence-electron chi connectivity index (χ0n) is 15.8. The largest absolute Gasteiger partial charge is 0.459 e. The number of rotatable bonds is 8. The zero-order valence-corrected chi connectivity index (χ0v) is 15.8. The molecule has 1 N–H and O–H groups in total. The Morgan fingerprint density at radius 1 is 0.857 bits per heavy atom. The molecule has 0 heterocycles. The summed E-state index contributed by atoms with van der Waals surface area (Å²) in [5.41, 5.74) is 0.870. The molecular formula is C24H24O4. The second-order valence-electron chi connectivity index (χ2n) is 6.40. The van der Waals surface area contributed by atoms with Gasteiger partial charge in [-0.3, -0.25) is 0 Å². The minimum atomic E-state index is -1.53. The number of ether oxygens (including phenoxy) is 2. The van der Waals surface area contributed by atoms with Crippen LogP contribution in [-0.4, -0.2) is 23.8 Å². The van der Waals surface area contributed by atoms with Crippen LogP contribution in [0.1, 0.15) is 23.6 Å². The smallest absolute Gasteiger partial charge is 0.339 e. The molecule has 4 heteroatoms. The first-order valence-electron chi connectivity index (χ1n) is 9.32. The van der Waals surface area contributed by atoms with E-state index >= 15 is 0 Å². The molecule has 0 saturated heterocycles. The predicted molar refractivity (Wildman–Crippen MR) is 108 cm³/mol. The van der Waals surface area contributed by atoms with E-state index in [0.29, 0.717) is 17.7 Å². The van der Waals surface area contributed by atoms with E-state index in [1.165, 1.54) is 0 Å². The summed E-state index contributed by atoms with van der Waals surface area (Å²) in [6.07, 6.45) is -1.53. The summed E-state index contributed by atoms with van der Waals surface area (Å²) < 4.78 is 11.5. The van der Waals surface area contributed by atoms with Crippen molar-refractivity contribution >= 4 is 5.97 Å². The Morgan fingerprint density at radius 3 is 1.79 bits per heavy atom. The molecule has 28 heavy (non-hydrogen) atoms. The first kappa shape index (κ1) is 19.8. The van der Waals surface area contributed by atoms with Crippen molar-refractivity contribution in [2.45, 2.75) is 25.2 Å². The minimum absolute atomic E-state index is 0.0858. The maximum Gasteiger partial charge on any atom is 0.339 e. The van der Waals surface area contributed by atoms with E-state index < -0.39 is 17.7 Å². The van der Waals surface area contributed by atoms with Crippen LogP contribution in [0.4, 0.5) is 0 Å². The molecule has 0 aliphatic heterocycles. The van der Waals surface area contributed by atoms with Crippen LogP contribution < -0.4 is 0 Å². The van der Waals surface area contributed by atoms with E-state index in [9.17, 15) is 9.90 Å². The van der Waals surface area contributed by atoms with Crippen LogP contribution in [0, 0.1) is 0 Å². The van der Waals surface area contributed by atoms with E-state index in [1.807, 2.05) is 97.9 Å². The standard InChI is InChI=1S/C24H24O4/c1-2-28-24(20-14-8-4-9-15-20,21-16-10-5-11-17-21)22(25)23(26)27-18-19-12-6-3-7-13-19/h3-17,22,25H,2,18H2,1H3. The molecular weight excluding hydrogens is 352 g/mol. The van der Waals surface area contributed by atoms with Crippen molar-refractivity contribution in [3.63, 3.8) is 0 Å². The van der Waals surface area contributed by atoms with E-state index in [-0.39, 0.29) is 6.61 Å². The van der Waals surface area contributed by atoms with Gasteiger partial charge in [0.25, 0.3) is 0 Å². The number of hydrogen-bond donors (Lipinski definition) is 1. The molecule has 0 aromatic heterocycles. The quantitative estimate of drug-likeness (QED) is 0.602. The lowest BCUT2D eigenvalue weighted by Crippen LogP contribution is -2.48. The van der Waals surface area contributed by atoms with Crippen LogP contribution in [0.3, 0.4) is 0 Å². The number of carbonyl (C=O) groups excluding carboxylic acids is 1. The Hall–Kier alpha value is -2.95. The van der Waals surface area contributed by atoms with Gasteiger partial charge in [-0.25, -0.2) is 4.79 Å². The molecule has 1 atom stereocenters. The first-order valence-corrected chi connectivity index (χ1v) is 9.32. The fourth-order valence-electron chi connectivity index (χ4n) is 3.30. The lowest BCUT2D eigenvalue weighted by Gasteiger charge is -2.37. The second-order valence-corrected chi connectivity index (χ2v) is 6.40. The number of benzene rings is 3. The summed E-state index contributed by atoms with van der Waals surface area (Å²) >= 11 is 0. The Morgan fingerprint density at radius 2 is 1.32 bits per heavy atom. The van der Waals surface area contributed by atoms with Crippen LogP contribution in [0.15, 0.2) is 91.0 Å². The van der Waals surface area contributed by atoms with Crippen LogP contribution in [0.25, 0.3) is 0 Å². The van der Waals surface area contributed by atoms with E-state index in [2.05, 4.69) is 0 Å². The van der Waals surface area contributed by atoms with E-state index in [0.717, 1.165) is 5.56 Å². The Labute approximate surface area is 165 Å². The molecule has 0 radical (unpaired) electrons. The fourth-order valence-corrected chi connectivity index (χ4v) is 3.30. The molecule has 3 aromatic carbocycles. The van der Waals surface area contributed by atoms with Crippen molar-refractivity contribution in [3.05, 3.63) is 108 Å². The van der Waals surface area contributed by atoms with Crippen LogP contribution in [-0.2, 0) is 26.5 Å². The Bertz CT molecular complexity index is 823. The number of carbonyl (C=O) groups is 1. The van der Waals surface area contributed by atoms with Crippen molar-refractivity contribution in [2.24, 2.45) is 0 Å². The van der Waals surface area contributed by atoms with Gasteiger partial charge in [-0.15, -0.1) is 0 Å². The highest BCUT2D eigenvalue weighted by atomic mass is 16.6. The number of aliphatic hydroxyl groups excluding tert-OH is 1. The third-order valence-electron chi connectivity index (χ3n) is 4.61. The molecule has 0 fully saturated rings. The molecule has 3 aromatic rings. The molecule has 0 aliphatic rings. The van der Waals surface area contributed by atoms with Crippen molar-refractivity contribution in [2.75, 3.05) is 6.61 Å². The van der Waals surface area contributed by atoms with Gasteiger partial charge in [0.15, 0.2) is 11.7 Å². The lowest BCUT2D eigenvalue weighted by atomic mass is 9.81. The molecule has 0 bridgehead atoms. The number of aliphatic hydroxyl groups is 1. The van der Waals surface area contributed by atoms with Gasteiger partial charge < -0.3 is 14.6 Å². The first-order chi connectivity index (χ1) is 13.7. The summed E-state index contributed by atoms with van der Waals surface area (Å²) in [6.45, 7) is 2.23. The number of esters is 1. The average Bonchev–Trinajstić information content (AvgIpc) is 2.77. The van der Waals surface area contributed by atoms with Gasteiger partial charge in [-0.2, -0.15) is 0 Å². The molecule has 3 rings (SSSR count). The second kappa shape index (κ2) is 9.31. The predicted octanol–water partition coefficient (Wildman–Crippen LogP) is 4.07. The van der Waals surface area contributed by atoms with Crippen LogP contribution >= 0.6 is 0 Å². The zero-order chi connectivity index (χ0) is 19.8. The lowest BCUT2D eigenvalue weighted by molar-refractivity contribution is -0.174. The van der Waals surface area contributed by atoms with Gasteiger partial charge in [0.2, 0.25) is 0 Å². The molecule has 0 amide bonds. The Balaban J connectivity index is 1.96. The van der Waals surface area contributed by atoms with Crippen molar-refractivity contribution < 1.29 is 19.4 Å².